The van der Waals surface area contributed by atoms with Gasteiger partial charge in [0.15, 0.2) is 0 Å². The van der Waals surface area contributed by atoms with Crippen LogP contribution in [0.25, 0.3) is 0 Å². The van der Waals surface area contributed by atoms with Gasteiger partial charge in [-0.25, -0.2) is 13.6 Å². The van der Waals surface area contributed by atoms with Crippen LogP contribution in [0.5, 0.6) is 0 Å². The molecular weight excluding hydrogens is 346 g/mol. The molecule has 2 aromatic carbocycles. The predicted octanol–water partition coefficient (Wildman–Crippen LogP) is 2.55. The Hall–Kier alpha value is -2.35. The van der Waals surface area contributed by atoms with E-state index in [2.05, 4.69) is 0 Å². The maximum Gasteiger partial charge on any atom is 0.336 e. The Morgan fingerprint density at radius 1 is 0.846 bits per heavy atom. The summed E-state index contributed by atoms with van der Waals surface area (Å²) >= 11 is 0. The molecule has 0 saturated carbocycles. The van der Waals surface area contributed by atoms with Crippen LogP contribution in [0.3, 0.4) is 0 Å². The number of halogens is 2. The molecule has 144 valence electrons. The van der Waals surface area contributed by atoms with Crippen LogP contribution in [-0.4, -0.2) is 39.6 Å². The Bertz CT molecular complexity index is 704. The molecule has 5 nitrogen and oxygen atoms in total. The maximum absolute atomic E-state index is 13.0. The van der Waals surface area contributed by atoms with E-state index in [-0.39, 0.29) is 57.0 Å². The number of hydrogen-bond donors (Lipinski definition) is 4. The Kier molecular flexibility index (Phi) is 11.0. The summed E-state index contributed by atoms with van der Waals surface area (Å²) in [7, 11) is 0. The molecule has 26 heavy (non-hydrogen) atoms. The highest BCUT2D eigenvalue weighted by Crippen LogP contribution is 2.14. The summed E-state index contributed by atoms with van der Waals surface area (Å²) in [5.41, 5.74) is 0.915. The smallest absolute Gasteiger partial charge is 0.336 e. The summed E-state index contributed by atoms with van der Waals surface area (Å²) < 4.78 is 26.0. The molecule has 0 radical (unpaired) electrons. The first-order valence-corrected chi connectivity index (χ1v) is 7.55. The van der Waals surface area contributed by atoms with Crippen molar-refractivity contribution in [2.45, 2.75) is 26.9 Å². The maximum atomic E-state index is 13.0. The van der Waals surface area contributed by atoms with Gasteiger partial charge in [-0.15, -0.1) is 0 Å². The fourth-order valence-electron chi connectivity index (χ4n) is 2.27. The van der Waals surface area contributed by atoms with Crippen LogP contribution in [0.4, 0.5) is 8.78 Å². The van der Waals surface area contributed by atoms with E-state index in [4.69, 9.17) is 20.4 Å². The molecule has 0 heterocycles. The summed E-state index contributed by atoms with van der Waals surface area (Å²) in [6.45, 7) is -0.553. The lowest BCUT2D eigenvalue weighted by molar-refractivity contribution is 0.0694. The van der Waals surface area contributed by atoms with Gasteiger partial charge in [-0.05, 0) is 42.2 Å². The highest BCUT2D eigenvalue weighted by atomic mass is 19.1. The number of rotatable bonds is 6. The van der Waals surface area contributed by atoms with Crippen molar-refractivity contribution in [3.05, 3.63) is 70.3 Å². The van der Waals surface area contributed by atoms with E-state index < -0.39 is 11.8 Å². The molecule has 0 amide bonds. The lowest BCUT2D eigenvalue weighted by Gasteiger charge is -2.05. The lowest BCUT2D eigenvalue weighted by Crippen LogP contribution is -2.06. The molecule has 7 heteroatoms. The highest BCUT2D eigenvalue weighted by molar-refractivity contribution is 5.89. The van der Waals surface area contributed by atoms with Crippen molar-refractivity contribution in [2.75, 3.05) is 13.2 Å². The van der Waals surface area contributed by atoms with Crippen LogP contribution < -0.4 is 0 Å². The minimum atomic E-state index is -1.18. The number of carboxylic acids is 1. The van der Waals surface area contributed by atoms with E-state index in [1.807, 2.05) is 0 Å². The number of aliphatic hydroxyl groups excluding tert-OH is 3. The van der Waals surface area contributed by atoms with Crippen molar-refractivity contribution in [3.8, 4) is 0 Å². The zero-order valence-corrected chi connectivity index (χ0v) is 13.5. The number of benzene rings is 2. The average Bonchev–Trinajstić information content (AvgIpc) is 2.59. The molecule has 0 spiro atoms. The predicted molar refractivity (Wildman–Crippen MR) is 94.0 cm³/mol. The average molecular weight is 370 g/mol. The molecule has 0 fully saturated rings. The number of aromatic carboxylic acids is 1. The van der Waals surface area contributed by atoms with Crippen LogP contribution >= 0.6 is 0 Å². The van der Waals surface area contributed by atoms with Gasteiger partial charge in [-0.2, -0.15) is 0 Å². The third-order valence-electron chi connectivity index (χ3n) is 3.46. The molecule has 0 aliphatic heterocycles. The molecule has 2 aromatic rings. The summed E-state index contributed by atoms with van der Waals surface area (Å²) in [4.78, 5) is 10.6. The fraction of sp³-hybridized carbons (Fsp3) is 0.316. The Balaban J connectivity index is 0.000000464. The summed E-state index contributed by atoms with van der Waals surface area (Å²) in [5.74, 6) is -2.13. The summed E-state index contributed by atoms with van der Waals surface area (Å²) in [6, 6.07) is 8.34. The second-order valence-electron chi connectivity index (χ2n) is 5.05. The van der Waals surface area contributed by atoms with Crippen molar-refractivity contribution in [1.82, 2.24) is 0 Å². The minimum absolute atomic E-state index is 0. The molecule has 0 atom stereocenters. The van der Waals surface area contributed by atoms with Crippen LogP contribution in [-0.2, 0) is 19.4 Å². The van der Waals surface area contributed by atoms with Crippen LogP contribution in [0.15, 0.2) is 36.4 Å². The van der Waals surface area contributed by atoms with Crippen molar-refractivity contribution < 1.29 is 34.0 Å². The quantitative estimate of drug-likeness (QED) is 0.626. The molecule has 0 aliphatic carbocycles. The van der Waals surface area contributed by atoms with Crippen LogP contribution in [0, 0.1) is 11.6 Å². The van der Waals surface area contributed by atoms with Crippen molar-refractivity contribution in [1.29, 1.82) is 0 Å². The van der Waals surface area contributed by atoms with Gasteiger partial charge in [0.1, 0.15) is 11.6 Å². The lowest BCUT2D eigenvalue weighted by atomic mass is 10.0. The molecule has 2 rings (SSSR count). The van der Waals surface area contributed by atoms with Gasteiger partial charge in [0.2, 0.25) is 0 Å². The molecule has 0 unspecified atom stereocenters. The molecular formula is C19H24F2O5. The summed E-state index contributed by atoms with van der Waals surface area (Å²) in [6.07, 6.45) is 0.275. The van der Waals surface area contributed by atoms with E-state index >= 15 is 0 Å². The van der Waals surface area contributed by atoms with Crippen molar-refractivity contribution in [2.24, 2.45) is 0 Å². The van der Waals surface area contributed by atoms with Gasteiger partial charge >= 0.3 is 5.97 Å². The molecule has 0 aromatic heterocycles. The van der Waals surface area contributed by atoms with E-state index in [0.717, 1.165) is 0 Å². The van der Waals surface area contributed by atoms with Gasteiger partial charge in [0.25, 0.3) is 0 Å². The van der Waals surface area contributed by atoms with Gasteiger partial charge < -0.3 is 20.4 Å². The van der Waals surface area contributed by atoms with Crippen LogP contribution in [0.2, 0.25) is 0 Å². The van der Waals surface area contributed by atoms with E-state index in [0.29, 0.717) is 11.1 Å². The SMILES string of the molecule is C.O=C(O)c1cccc(F)c1CCO.OCCc1c(F)cccc1CO. The largest absolute Gasteiger partial charge is 0.478 e. The Morgan fingerprint density at radius 3 is 1.85 bits per heavy atom. The molecule has 0 aliphatic rings. The first-order chi connectivity index (χ1) is 12.0. The third-order valence-corrected chi connectivity index (χ3v) is 3.46. The number of aliphatic hydroxyl groups is 3. The molecule has 4 N–H and O–H groups in total. The van der Waals surface area contributed by atoms with Crippen molar-refractivity contribution in [3.63, 3.8) is 0 Å². The standard InChI is InChI=1S/C9H9FO3.C9H11FO2.CH4/c10-8-3-1-2-7(9(12)13)6(8)4-5-11;10-9-3-1-2-7(6-12)8(9)4-5-11;/h1-3,11H,4-5H2,(H,12,13);1-3,11-12H,4-6H2;1H4. The monoisotopic (exact) mass is 370 g/mol. The number of carboxylic acid groups (broad SMARTS) is 1. The topological polar surface area (TPSA) is 98.0 Å². The summed E-state index contributed by atoms with van der Waals surface area (Å²) in [5, 5.41) is 34.7. The Morgan fingerprint density at radius 2 is 1.35 bits per heavy atom. The van der Waals surface area contributed by atoms with E-state index in [1.54, 1.807) is 12.1 Å². The normalized spacial score (nSPS) is 9.73. The second kappa shape index (κ2) is 12.1. The van der Waals surface area contributed by atoms with Gasteiger partial charge in [-0.3, -0.25) is 0 Å². The van der Waals surface area contributed by atoms with Gasteiger partial charge in [0.05, 0.1) is 12.2 Å². The number of carbonyl (C=O) groups is 1. The van der Waals surface area contributed by atoms with Crippen molar-refractivity contribution >= 4 is 5.97 Å². The van der Waals surface area contributed by atoms with E-state index in [9.17, 15) is 13.6 Å². The zero-order chi connectivity index (χ0) is 18.8. The first-order valence-electron chi connectivity index (χ1n) is 7.55. The third kappa shape index (κ3) is 6.51. The molecule has 0 bridgehead atoms. The van der Waals surface area contributed by atoms with Gasteiger partial charge in [-0.1, -0.05) is 25.6 Å². The van der Waals surface area contributed by atoms with Gasteiger partial charge in [0, 0.05) is 18.8 Å². The van der Waals surface area contributed by atoms with E-state index in [1.165, 1.54) is 24.3 Å². The fourth-order valence-corrected chi connectivity index (χ4v) is 2.27. The second-order valence-corrected chi connectivity index (χ2v) is 5.05. The Labute approximate surface area is 151 Å². The minimum Gasteiger partial charge on any atom is -0.478 e. The highest BCUT2D eigenvalue weighted by Gasteiger charge is 2.12. The number of hydrogen-bond acceptors (Lipinski definition) is 4. The zero-order valence-electron chi connectivity index (χ0n) is 13.5. The van der Waals surface area contributed by atoms with Crippen LogP contribution in [0.1, 0.15) is 34.5 Å². The first kappa shape index (κ1) is 23.6. The molecule has 0 saturated heterocycles.